The van der Waals surface area contributed by atoms with E-state index in [1.165, 1.54) is 0 Å². The van der Waals surface area contributed by atoms with Gasteiger partial charge in [0.15, 0.2) is 0 Å². The molecule has 1 aromatic carbocycles. The SMILES string of the molecule is COC(=O)c1cc(B(O)O)cc(C(F)F)c1. The topological polar surface area (TPSA) is 66.8 Å². The van der Waals surface area contributed by atoms with Crippen molar-refractivity contribution in [2.75, 3.05) is 7.11 Å². The van der Waals surface area contributed by atoms with E-state index in [0.717, 1.165) is 25.3 Å². The van der Waals surface area contributed by atoms with Gasteiger partial charge in [0.25, 0.3) is 6.43 Å². The molecule has 0 saturated heterocycles. The van der Waals surface area contributed by atoms with Gasteiger partial charge in [-0.05, 0) is 17.6 Å². The van der Waals surface area contributed by atoms with E-state index in [9.17, 15) is 13.6 Å². The molecule has 1 aromatic rings. The van der Waals surface area contributed by atoms with Gasteiger partial charge in [-0.15, -0.1) is 0 Å². The number of alkyl halides is 2. The lowest BCUT2D eigenvalue weighted by Gasteiger charge is -2.07. The van der Waals surface area contributed by atoms with Crippen LogP contribution in [0.2, 0.25) is 0 Å². The lowest BCUT2D eigenvalue weighted by molar-refractivity contribution is 0.0600. The minimum absolute atomic E-state index is 0.150. The Morgan fingerprint density at radius 1 is 1.38 bits per heavy atom. The molecule has 0 radical (unpaired) electrons. The number of rotatable bonds is 3. The van der Waals surface area contributed by atoms with Gasteiger partial charge in [-0.3, -0.25) is 0 Å². The Labute approximate surface area is 90.6 Å². The van der Waals surface area contributed by atoms with Crippen LogP contribution < -0.4 is 5.46 Å². The van der Waals surface area contributed by atoms with Crippen LogP contribution >= 0.6 is 0 Å². The minimum atomic E-state index is -2.80. The summed E-state index contributed by atoms with van der Waals surface area (Å²) in [6.07, 6.45) is -2.80. The van der Waals surface area contributed by atoms with Gasteiger partial charge in [-0.2, -0.15) is 0 Å². The summed E-state index contributed by atoms with van der Waals surface area (Å²) in [6.45, 7) is 0. The monoisotopic (exact) mass is 230 g/mol. The molecule has 0 aliphatic rings. The van der Waals surface area contributed by atoms with Gasteiger partial charge in [-0.1, -0.05) is 6.07 Å². The fourth-order valence-electron chi connectivity index (χ4n) is 1.19. The van der Waals surface area contributed by atoms with Gasteiger partial charge in [0.1, 0.15) is 0 Å². The summed E-state index contributed by atoms with van der Waals surface area (Å²) in [5, 5.41) is 17.7. The zero-order chi connectivity index (χ0) is 12.3. The van der Waals surface area contributed by atoms with Crippen LogP contribution in [-0.2, 0) is 4.74 Å². The zero-order valence-electron chi connectivity index (χ0n) is 8.35. The Hall–Kier alpha value is -1.47. The highest BCUT2D eigenvalue weighted by Crippen LogP contribution is 2.19. The quantitative estimate of drug-likeness (QED) is 0.570. The molecule has 0 amide bonds. The van der Waals surface area contributed by atoms with Crippen molar-refractivity contribution in [1.29, 1.82) is 0 Å². The van der Waals surface area contributed by atoms with Crippen LogP contribution in [0, 0.1) is 0 Å². The molecule has 0 unspecified atom stereocenters. The molecule has 86 valence electrons. The van der Waals surface area contributed by atoms with Crippen LogP contribution in [-0.4, -0.2) is 30.2 Å². The molecule has 0 aromatic heterocycles. The second kappa shape index (κ2) is 5.04. The lowest BCUT2D eigenvalue weighted by Crippen LogP contribution is -2.31. The van der Waals surface area contributed by atoms with E-state index >= 15 is 0 Å². The van der Waals surface area contributed by atoms with E-state index in [0.29, 0.717) is 0 Å². The van der Waals surface area contributed by atoms with Crippen molar-refractivity contribution in [3.63, 3.8) is 0 Å². The smallest absolute Gasteiger partial charge is 0.465 e. The molecule has 0 aliphatic heterocycles. The Morgan fingerprint density at radius 2 is 2.00 bits per heavy atom. The Bertz CT molecular complexity index is 369. The summed E-state index contributed by atoms with van der Waals surface area (Å²) < 4.78 is 29.2. The van der Waals surface area contributed by atoms with Crippen molar-refractivity contribution >= 4 is 18.6 Å². The van der Waals surface area contributed by atoms with Crippen LogP contribution in [0.15, 0.2) is 18.2 Å². The fourth-order valence-corrected chi connectivity index (χ4v) is 1.19. The van der Waals surface area contributed by atoms with E-state index in [-0.39, 0.29) is 11.0 Å². The van der Waals surface area contributed by atoms with Crippen molar-refractivity contribution in [2.24, 2.45) is 0 Å². The van der Waals surface area contributed by atoms with Gasteiger partial charge in [0.05, 0.1) is 12.7 Å². The molecule has 7 heteroatoms. The summed E-state index contributed by atoms with van der Waals surface area (Å²) in [5.41, 5.74) is -0.799. The second-order valence-corrected chi connectivity index (χ2v) is 3.05. The minimum Gasteiger partial charge on any atom is -0.465 e. The molecular weight excluding hydrogens is 221 g/mol. The molecule has 0 spiro atoms. The van der Waals surface area contributed by atoms with Crippen molar-refractivity contribution in [2.45, 2.75) is 6.43 Å². The summed E-state index contributed by atoms with van der Waals surface area (Å²) in [7, 11) is -0.811. The maximum Gasteiger partial charge on any atom is 0.488 e. The molecule has 1 rings (SSSR count). The van der Waals surface area contributed by atoms with Crippen molar-refractivity contribution < 1.29 is 28.4 Å². The van der Waals surface area contributed by atoms with E-state index in [4.69, 9.17) is 10.0 Å². The van der Waals surface area contributed by atoms with Gasteiger partial charge < -0.3 is 14.8 Å². The number of carbonyl (C=O) groups is 1. The van der Waals surface area contributed by atoms with Crippen molar-refractivity contribution in [3.05, 3.63) is 29.3 Å². The Balaban J connectivity index is 3.24. The third kappa shape index (κ3) is 2.77. The van der Waals surface area contributed by atoms with Crippen LogP contribution in [0.25, 0.3) is 0 Å². The first kappa shape index (κ1) is 12.6. The van der Waals surface area contributed by atoms with Crippen molar-refractivity contribution in [3.8, 4) is 0 Å². The normalized spacial score (nSPS) is 10.4. The highest BCUT2D eigenvalue weighted by atomic mass is 19.3. The van der Waals surface area contributed by atoms with Crippen LogP contribution in [0.4, 0.5) is 8.78 Å². The zero-order valence-corrected chi connectivity index (χ0v) is 8.35. The highest BCUT2D eigenvalue weighted by Gasteiger charge is 2.19. The first-order chi connectivity index (χ1) is 7.45. The van der Waals surface area contributed by atoms with E-state index in [2.05, 4.69) is 4.74 Å². The highest BCUT2D eigenvalue weighted by molar-refractivity contribution is 6.58. The number of ether oxygens (including phenoxy) is 1. The molecule has 4 nitrogen and oxygen atoms in total. The Kier molecular flexibility index (Phi) is 3.97. The summed E-state index contributed by atoms with van der Waals surface area (Å²) in [6, 6.07) is 2.95. The summed E-state index contributed by atoms with van der Waals surface area (Å²) in [4.78, 5) is 11.1. The molecule has 0 saturated carbocycles. The first-order valence-corrected chi connectivity index (χ1v) is 4.33. The molecule has 0 heterocycles. The number of carbonyl (C=O) groups excluding carboxylic acids is 1. The average Bonchev–Trinajstić information content (AvgIpc) is 2.27. The summed E-state index contributed by atoms with van der Waals surface area (Å²) in [5.74, 6) is -0.815. The molecule has 0 aliphatic carbocycles. The maximum absolute atomic E-state index is 12.4. The first-order valence-electron chi connectivity index (χ1n) is 4.33. The molecule has 0 bridgehead atoms. The number of halogens is 2. The number of hydrogen-bond acceptors (Lipinski definition) is 4. The van der Waals surface area contributed by atoms with Crippen LogP contribution in [0.1, 0.15) is 22.3 Å². The van der Waals surface area contributed by atoms with Gasteiger partial charge in [-0.25, -0.2) is 13.6 Å². The van der Waals surface area contributed by atoms with Crippen LogP contribution in [0.3, 0.4) is 0 Å². The predicted octanol–water partition coefficient (Wildman–Crippen LogP) is 0.0906. The third-order valence-corrected chi connectivity index (χ3v) is 1.95. The molecule has 2 N–H and O–H groups in total. The fraction of sp³-hybridized carbons (Fsp3) is 0.222. The summed E-state index contributed by atoms with van der Waals surface area (Å²) >= 11 is 0. The molecule has 0 atom stereocenters. The van der Waals surface area contributed by atoms with E-state index in [1.54, 1.807) is 0 Å². The van der Waals surface area contributed by atoms with Gasteiger partial charge in [0, 0.05) is 5.56 Å². The van der Waals surface area contributed by atoms with Gasteiger partial charge >= 0.3 is 13.1 Å². The maximum atomic E-state index is 12.4. The number of benzene rings is 1. The molecule has 0 fully saturated rings. The average molecular weight is 230 g/mol. The number of esters is 1. The third-order valence-electron chi connectivity index (χ3n) is 1.95. The van der Waals surface area contributed by atoms with Crippen molar-refractivity contribution in [1.82, 2.24) is 0 Å². The van der Waals surface area contributed by atoms with Crippen LogP contribution in [0.5, 0.6) is 0 Å². The lowest BCUT2D eigenvalue weighted by atomic mass is 9.78. The van der Waals surface area contributed by atoms with E-state index in [1.807, 2.05) is 0 Å². The molecule has 16 heavy (non-hydrogen) atoms. The largest absolute Gasteiger partial charge is 0.488 e. The number of hydrogen-bond donors (Lipinski definition) is 2. The standard InChI is InChI=1S/C9H9BF2O4/c1-16-9(13)6-2-5(8(11)12)3-7(4-6)10(14)15/h2-4,8,14-15H,1H3. The Morgan fingerprint density at radius 3 is 2.44 bits per heavy atom. The van der Waals surface area contributed by atoms with Gasteiger partial charge in [0.2, 0.25) is 0 Å². The second-order valence-electron chi connectivity index (χ2n) is 3.05. The van der Waals surface area contributed by atoms with E-state index < -0.39 is 25.1 Å². The predicted molar refractivity (Wildman–Crippen MR) is 52.6 cm³/mol. The number of methoxy groups -OCH3 is 1. The molecular formula is C9H9BF2O4.